The zero-order chi connectivity index (χ0) is 46.5. The molecular formula is C58H102O6. The van der Waals surface area contributed by atoms with Gasteiger partial charge in [-0.3, -0.25) is 14.4 Å². The summed E-state index contributed by atoms with van der Waals surface area (Å²) in [6.45, 7) is 6.44. The molecule has 0 heterocycles. The summed E-state index contributed by atoms with van der Waals surface area (Å²) in [6.07, 6.45) is 65.4. The number of carbonyl (C=O) groups is 3. The number of rotatable bonds is 49. The minimum atomic E-state index is -0.772. The second-order valence-electron chi connectivity index (χ2n) is 18.1. The van der Waals surface area contributed by atoms with Crippen LogP contribution >= 0.6 is 0 Å². The molecule has 0 aromatic carbocycles. The molecule has 0 fully saturated rings. The molecule has 0 radical (unpaired) electrons. The van der Waals surface area contributed by atoms with Crippen LogP contribution in [0, 0.1) is 0 Å². The molecule has 64 heavy (non-hydrogen) atoms. The molecule has 370 valence electrons. The molecule has 0 spiro atoms. The lowest BCUT2D eigenvalue weighted by molar-refractivity contribution is -0.167. The molecule has 0 aliphatic rings. The lowest BCUT2D eigenvalue weighted by Gasteiger charge is -2.18. The van der Waals surface area contributed by atoms with Gasteiger partial charge in [-0.2, -0.15) is 0 Å². The zero-order valence-electron chi connectivity index (χ0n) is 42.3. The van der Waals surface area contributed by atoms with Gasteiger partial charge >= 0.3 is 17.9 Å². The SMILES string of the molecule is CC/C=C\C/C=C\C/C=C\C/C=C\CCCCCCCCCCCCCCCCC(=O)OCC(COC(=O)CCCCCCC)OC(=O)CCCCCCC/C=C\CCCCCCC. The first-order chi connectivity index (χ1) is 31.5. The molecule has 0 aliphatic heterocycles. The predicted octanol–water partition coefficient (Wildman–Crippen LogP) is 18.0. The molecule has 1 unspecified atom stereocenters. The fourth-order valence-electron chi connectivity index (χ4n) is 7.66. The van der Waals surface area contributed by atoms with Gasteiger partial charge < -0.3 is 14.2 Å². The second-order valence-corrected chi connectivity index (χ2v) is 18.1. The summed E-state index contributed by atoms with van der Waals surface area (Å²) in [7, 11) is 0. The Labute approximate surface area is 396 Å². The Kier molecular flexibility index (Phi) is 50.4. The number of allylic oxidation sites excluding steroid dienone is 10. The van der Waals surface area contributed by atoms with E-state index >= 15 is 0 Å². The predicted molar refractivity (Wildman–Crippen MR) is 275 cm³/mol. The van der Waals surface area contributed by atoms with E-state index in [9.17, 15) is 14.4 Å². The Balaban J connectivity index is 4.03. The molecular weight excluding hydrogens is 793 g/mol. The summed E-state index contributed by atoms with van der Waals surface area (Å²) < 4.78 is 16.7. The van der Waals surface area contributed by atoms with Crippen LogP contribution in [0.3, 0.4) is 0 Å². The van der Waals surface area contributed by atoms with Crippen LogP contribution in [0.1, 0.15) is 271 Å². The van der Waals surface area contributed by atoms with Crippen LogP contribution in [0.15, 0.2) is 60.8 Å². The van der Waals surface area contributed by atoms with Crippen LogP contribution in [0.25, 0.3) is 0 Å². The van der Waals surface area contributed by atoms with E-state index in [2.05, 4.69) is 81.5 Å². The zero-order valence-corrected chi connectivity index (χ0v) is 42.3. The van der Waals surface area contributed by atoms with E-state index in [1.165, 1.54) is 135 Å². The highest BCUT2D eigenvalue weighted by Gasteiger charge is 2.19. The maximum Gasteiger partial charge on any atom is 0.306 e. The summed E-state index contributed by atoms with van der Waals surface area (Å²) in [5, 5.41) is 0. The van der Waals surface area contributed by atoms with Crippen molar-refractivity contribution in [3.05, 3.63) is 60.8 Å². The van der Waals surface area contributed by atoms with Crippen molar-refractivity contribution < 1.29 is 28.6 Å². The summed E-state index contributed by atoms with van der Waals surface area (Å²) in [4.78, 5) is 37.7. The molecule has 0 aliphatic carbocycles. The molecule has 6 heteroatoms. The normalized spacial score (nSPS) is 12.5. The Bertz CT molecular complexity index is 1170. The number of carbonyl (C=O) groups excluding carboxylic acids is 3. The van der Waals surface area contributed by atoms with Crippen molar-refractivity contribution in [1.82, 2.24) is 0 Å². The van der Waals surface area contributed by atoms with Crippen molar-refractivity contribution in [2.24, 2.45) is 0 Å². The van der Waals surface area contributed by atoms with E-state index < -0.39 is 6.10 Å². The number of ether oxygens (including phenoxy) is 3. The topological polar surface area (TPSA) is 78.9 Å². The van der Waals surface area contributed by atoms with Crippen LogP contribution in [-0.2, 0) is 28.6 Å². The van der Waals surface area contributed by atoms with Gasteiger partial charge in [-0.25, -0.2) is 0 Å². The molecule has 0 aromatic heterocycles. The minimum absolute atomic E-state index is 0.0761. The average molecular weight is 895 g/mol. The Morgan fingerprint density at radius 2 is 0.609 bits per heavy atom. The van der Waals surface area contributed by atoms with Gasteiger partial charge in [-0.15, -0.1) is 0 Å². The fraction of sp³-hybridized carbons (Fsp3) is 0.776. The van der Waals surface area contributed by atoms with Gasteiger partial charge in [0, 0.05) is 19.3 Å². The third-order valence-corrected chi connectivity index (χ3v) is 11.8. The molecule has 0 aromatic rings. The van der Waals surface area contributed by atoms with Crippen molar-refractivity contribution in [2.75, 3.05) is 13.2 Å². The first-order valence-corrected chi connectivity index (χ1v) is 27.3. The van der Waals surface area contributed by atoms with Crippen molar-refractivity contribution >= 4 is 17.9 Å². The monoisotopic (exact) mass is 895 g/mol. The quantitative estimate of drug-likeness (QED) is 0.0262. The third kappa shape index (κ3) is 50.1. The highest BCUT2D eigenvalue weighted by molar-refractivity contribution is 5.71. The van der Waals surface area contributed by atoms with Gasteiger partial charge in [0.25, 0.3) is 0 Å². The van der Waals surface area contributed by atoms with Crippen molar-refractivity contribution in [3.8, 4) is 0 Å². The third-order valence-electron chi connectivity index (χ3n) is 11.8. The van der Waals surface area contributed by atoms with Crippen LogP contribution in [-0.4, -0.2) is 37.2 Å². The standard InChI is InChI=1S/C58H102O6/c1-4-7-10-13-15-17-19-21-23-24-25-26-27-28-29-30-31-32-33-34-35-37-38-40-42-45-48-51-57(60)63-54-55(53-62-56(59)50-47-44-12-9-6-3)64-58(61)52-49-46-43-41-39-36-22-20-18-16-14-11-8-5-2/h7,10,15,17,20-23,25-26,55H,4-6,8-9,11-14,16,18-19,24,27-54H2,1-3H3/b10-7-,17-15-,22-20-,23-21-,26-25-. The van der Waals surface area contributed by atoms with Crippen molar-refractivity contribution in [3.63, 3.8) is 0 Å². The number of hydrogen-bond donors (Lipinski definition) is 0. The molecule has 0 saturated heterocycles. The van der Waals surface area contributed by atoms with E-state index in [1.54, 1.807) is 0 Å². The Morgan fingerprint density at radius 1 is 0.328 bits per heavy atom. The van der Waals surface area contributed by atoms with Crippen LogP contribution in [0.2, 0.25) is 0 Å². The van der Waals surface area contributed by atoms with Gasteiger partial charge in [-0.1, -0.05) is 229 Å². The molecule has 0 saturated carbocycles. The second kappa shape index (κ2) is 52.7. The Hall–Kier alpha value is -2.89. The first-order valence-electron chi connectivity index (χ1n) is 27.3. The highest BCUT2D eigenvalue weighted by Crippen LogP contribution is 2.16. The fourth-order valence-corrected chi connectivity index (χ4v) is 7.66. The van der Waals surface area contributed by atoms with Gasteiger partial charge in [0.15, 0.2) is 6.10 Å². The van der Waals surface area contributed by atoms with Crippen LogP contribution < -0.4 is 0 Å². The van der Waals surface area contributed by atoms with E-state index in [0.29, 0.717) is 19.3 Å². The molecule has 0 N–H and O–H groups in total. The van der Waals surface area contributed by atoms with Crippen molar-refractivity contribution in [1.29, 1.82) is 0 Å². The van der Waals surface area contributed by atoms with Crippen LogP contribution in [0.4, 0.5) is 0 Å². The summed E-state index contributed by atoms with van der Waals surface area (Å²) >= 11 is 0. The Morgan fingerprint density at radius 3 is 0.969 bits per heavy atom. The van der Waals surface area contributed by atoms with E-state index in [4.69, 9.17) is 14.2 Å². The summed E-state index contributed by atoms with van der Waals surface area (Å²) in [6, 6.07) is 0. The van der Waals surface area contributed by atoms with Crippen molar-refractivity contribution in [2.45, 2.75) is 277 Å². The molecule has 0 rings (SSSR count). The van der Waals surface area contributed by atoms with Gasteiger partial charge in [0.2, 0.25) is 0 Å². The molecule has 1 atom stereocenters. The van der Waals surface area contributed by atoms with Gasteiger partial charge in [-0.05, 0) is 83.5 Å². The molecule has 0 amide bonds. The van der Waals surface area contributed by atoms with E-state index in [0.717, 1.165) is 96.3 Å². The smallest absolute Gasteiger partial charge is 0.306 e. The van der Waals surface area contributed by atoms with Gasteiger partial charge in [0.05, 0.1) is 0 Å². The molecule has 6 nitrogen and oxygen atoms in total. The average Bonchev–Trinajstić information content (AvgIpc) is 3.29. The number of hydrogen-bond acceptors (Lipinski definition) is 6. The molecule has 0 bridgehead atoms. The lowest BCUT2D eigenvalue weighted by atomic mass is 10.0. The summed E-state index contributed by atoms with van der Waals surface area (Å²) in [5.74, 6) is -0.893. The highest BCUT2D eigenvalue weighted by atomic mass is 16.6. The van der Waals surface area contributed by atoms with E-state index in [-0.39, 0.29) is 31.1 Å². The summed E-state index contributed by atoms with van der Waals surface area (Å²) in [5.41, 5.74) is 0. The number of esters is 3. The maximum absolute atomic E-state index is 12.7. The lowest BCUT2D eigenvalue weighted by Crippen LogP contribution is -2.30. The minimum Gasteiger partial charge on any atom is -0.462 e. The van der Waals surface area contributed by atoms with Gasteiger partial charge in [0.1, 0.15) is 13.2 Å². The van der Waals surface area contributed by atoms with Crippen LogP contribution in [0.5, 0.6) is 0 Å². The largest absolute Gasteiger partial charge is 0.462 e. The number of unbranched alkanes of at least 4 members (excludes halogenated alkanes) is 28. The first kappa shape index (κ1) is 61.1. The maximum atomic E-state index is 12.7. The van der Waals surface area contributed by atoms with E-state index in [1.807, 2.05) is 0 Å².